The zero-order valence-electron chi connectivity index (χ0n) is 10.6. The second kappa shape index (κ2) is 6.28. The molecule has 0 amide bonds. The van der Waals surface area contributed by atoms with Crippen LogP contribution in [0, 0.1) is 0 Å². The van der Waals surface area contributed by atoms with Crippen LogP contribution in [0.25, 0.3) is 6.08 Å². The first kappa shape index (κ1) is 14.2. The summed E-state index contributed by atoms with van der Waals surface area (Å²) < 4.78 is 39.0. The number of anilines is 1. The zero-order chi connectivity index (χ0) is 14.4. The van der Waals surface area contributed by atoms with Gasteiger partial charge in [0.15, 0.2) is 0 Å². The molecule has 20 heavy (non-hydrogen) atoms. The number of halogens is 3. The Balaban J connectivity index is 2.15. The van der Waals surface area contributed by atoms with E-state index in [0.717, 1.165) is 11.6 Å². The molecule has 104 valence electrons. The molecule has 4 heteroatoms. The number of nitrogens with one attached hydrogen (secondary N) is 1. The van der Waals surface area contributed by atoms with E-state index >= 15 is 0 Å². The number of alkyl halides is 3. The molecule has 0 bridgehead atoms. The van der Waals surface area contributed by atoms with Crippen LogP contribution in [-0.4, -0.2) is 12.2 Å². The summed E-state index contributed by atoms with van der Waals surface area (Å²) in [5.74, 6) is 0. The fourth-order valence-electron chi connectivity index (χ4n) is 1.72. The average Bonchev–Trinajstić information content (AvgIpc) is 2.44. The Labute approximate surface area is 115 Å². The maximum atomic E-state index is 13.0. The molecule has 0 aliphatic carbocycles. The Morgan fingerprint density at radius 1 is 0.850 bits per heavy atom. The number of hydrogen-bond donors (Lipinski definition) is 1. The lowest BCUT2D eigenvalue weighted by Crippen LogP contribution is -2.34. The molecule has 1 atom stereocenters. The lowest BCUT2D eigenvalue weighted by molar-refractivity contribution is -0.132. The first-order valence-corrected chi connectivity index (χ1v) is 6.17. The third-order valence-corrected chi connectivity index (χ3v) is 2.73. The lowest BCUT2D eigenvalue weighted by atomic mass is 10.1. The third-order valence-electron chi connectivity index (χ3n) is 2.73. The standard InChI is InChI=1S/C16H14F3N/c17-16(18,19)15(20-14-9-5-2-6-10-14)12-11-13-7-3-1-4-8-13/h1-12,15,20H/b12-11+. The minimum atomic E-state index is -4.35. The largest absolute Gasteiger partial charge is 0.412 e. The molecule has 2 rings (SSSR count). The van der Waals surface area contributed by atoms with Crippen LogP contribution in [0.4, 0.5) is 18.9 Å². The van der Waals surface area contributed by atoms with E-state index in [-0.39, 0.29) is 0 Å². The van der Waals surface area contributed by atoms with Crippen molar-refractivity contribution in [1.82, 2.24) is 0 Å². The van der Waals surface area contributed by atoms with E-state index in [1.54, 1.807) is 54.6 Å². The highest BCUT2D eigenvalue weighted by Gasteiger charge is 2.37. The van der Waals surface area contributed by atoms with E-state index in [4.69, 9.17) is 0 Å². The topological polar surface area (TPSA) is 12.0 Å². The van der Waals surface area contributed by atoms with Crippen LogP contribution >= 0.6 is 0 Å². The molecule has 0 aromatic heterocycles. The summed E-state index contributed by atoms with van der Waals surface area (Å²) in [4.78, 5) is 0. The highest BCUT2D eigenvalue weighted by Crippen LogP contribution is 2.25. The summed E-state index contributed by atoms with van der Waals surface area (Å²) in [5.41, 5.74) is 1.17. The summed E-state index contributed by atoms with van der Waals surface area (Å²) in [5, 5.41) is 2.48. The number of hydrogen-bond acceptors (Lipinski definition) is 1. The van der Waals surface area contributed by atoms with Gasteiger partial charge in [0.05, 0.1) is 0 Å². The highest BCUT2D eigenvalue weighted by atomic mass is 19.4. The molecule has 1 N–H and O–H groups in total. The van der Waals surface area contributed by atoms with E-state index in [1.807, 2.05) is 6.07 Å². The van der Waals surface area contributed by atoms with Gasteiger partial charge in [-0.25, -0.2) is 0 Å². The quantitative estimate of drug-likeness (QED) is 0.851. The number of para-hydroxylation sites is 1. The molecule has 1 unspecified atom stereocenters. The molecular weight excluding hydrogens is 263 g/mol. The van der Waals surface area contributed by atoms with Crippen molar-refractivity contribution in [3.63, 3.8) is 0 Å². The molecule has 0 aliphatic heterocycles. The van der Waals surface area contributed by atoms with Crippen molar-refractivity contribution in [2.45, 2.75) is 12.2 Å². The van der Waals surface area contributed by atoms with Gasteiger partial charge in [-0.05, 0) is 17.7 Å². The van der Waals surface area contributed by atoms with Crippen molar-refractivity contribution in [2.75, 3.05) is 5.32 Å². The number of rotatable bonds is 4. The van der Waals surface area contributed by atoms with Gasteiger partial charge in [-0.2, -0.15) is 13.2 Å². The number of benzene rings is 2. The average molecular weight is 277 g/mol. The minimum Gasteiger partial charge on any atom is -0.371 e. The molecule has 0 saturated carbocycles. The summed E-state index contributed by atoms with van der Waals surface area (Å²) >= 11 is 0. The van der Waals surface area contributed by atoms with Gasteiger partial charge < -0.3 is 5.32 Å². The van der Waals surface area contributed by atoms with Gasteiger partial charge in [-0.3, -0.25) is 0 Å². The maximum absolute atomic E-state index is 13.0. The molecule has 0 heterocycles. The van der Waals surface area contributed by atoms with Gasteiger partial charge in [0.2, 0.25) is 0 Å². The van der Waals surface area contributed by atoms with Crippen LogP contribution in [0.5, 0.6) is 0 Å². The van der Waals surface area contributed by atoms with E-state index in [9.17, 15) is 13.2 Å². The molecule has 0 radical (unpaired) electrons. The fourth-order valence-corrected chi connectivity index (χ4v) is 1.72. The van der Waals surface area contributed by atoms with Crippen molar-refractivity contribution in [3.8, 4) is 0 Å². The van der Waals surface area contributed by atoms with E-state index in [2.05, 4.69) is 5.32 Å². The summed E-state index contributed by atoms with van der Waals surface area (Å²) in [7, 11) is 0. The SMILES string of the molecule is FC(F)(F)C(/C=C/c1ccccc1)Nc1ccccc1. The Kier molecular flexibility index (Phi) is 4.45. The molecule has 0 fully saturated rings. The van der Waals surface area contributed by atoms with Gasteiger partial charge in [0.25, 0.3) is 0 Å². The predicted molar refractivity (Wildman–Crippen MR) is 75.4 cm³/mol. The smallest absolute Gasteiger partial charge is 0.371 e. The van der Waals surface area contributed by atoms with E-state index in [1.165, 1.54) is 6.08 Å². The van der Waals surface area contributed by atoms with Gasteiger partial charge in [0, 0.05) is 5.69 Å². The molecule has 1 nitrogen and oxygen atoms in total. The Bertz CT molecular complexity index is 547. The lowest BCUT2D eigenvalue weighted by Gasteiger charge is -2.19. The monoisotopic (exact) mass is 277 g/mol. The summed E-state index contributed by atoms with van der Waals surface area (Å²) in [6, 6.07) is 15.5. The van der Waals surface area contributed by atoms with Crippen LogP contribution in [0.2, 0.25) is 0 Å². The Morgan fingerprint density at radius 2 is 1.40 bits per heavy atom. The molecule has 0 aliphatic rings. The van der Waals surface area contributed by atoms with Crippen LogP contribution in [0.15, 0.2) is 66.7 Å². The van der Waals surface area contributed by atoms with Crippen molar-refractivity contribution < 1.29 is 13.2 Å². The van der Waals surface area contributed by atoms with Gasteiger partial charge in [-0.15, -0.1) is 0 Å². The Morgan fingerprint density at radius 3 is 1.95 bits per heavy atom. The van der Waals surface area contributed by atoms with E-state index < -0.39 is 12.2 Å². The third kappa shape index (κ3) is 4.16. The van der Waals surface area contributed by atoms with Gasteiger partial charge in [-0.1, -0.05) is 60.7 Å². The first-order chi connectivity index (χ1) is 9.55. The maximum Gasteiger partial charge on any atom is 0.412 e. The Hall–Kier alpha value is -2.23. The molecule has 2 aromatic carbocycles. The highest BCUT2D eigenvalue weighted by molar-refractivity contribution is 5.52. The second-order valence-corrected chi connectivity index (χ2v) is 4.30. The zero-order valence-corrected chi connectivity index (χ0v) is 10.6. The van der Waals surface area contributed by atoms with Gasteiger partial charge >= 0.3 is 6.18 Å². The van der Waals surface area contributed by atoms with Crippen LogP contribution in [0.3, 0.4) is 0 Å². The van der Waals surface area contributed by atoms with Crippen LogP contribution in [0.1, 0.15) is 5.56 Å². The summed E-state index contributed by atoms with van der Waals surface area (Å²) in [6.07, 6.45) is -1.75. The second-order valence-electron chi connectivity index (χ2n) is 4.30. The van der Waals surface area contributed by atoms with Gasteiger partial charge in [0.1, 0.15) is 6.04 Å². The fraction of sp³-hybridized carbons (Fsp3) is 0.125. The minimum absolute atomic E-state index is 0.438. The molecule has 2 aromatic rings. The predicted octanol–water partition coefficient (Wildman–Crippen LogP) is 4.74. The van der Waals surface area contributed by atoms with Crippen molar-refractivity contribution in [1.29, 1.82) is 0 Å². The van der Waals surface area contributed by atoms with Crippen LogP contribution in [-0.2, 0) is 0 Å². The normalized spacial score (nSPS) is 13.3. The van der Waals surface area contributed by atoms with Crippen molar-refractivity contribution >= 4 is 11.8 Å². The first-order valence-electron chi connectivity index (χ1n) is 6.17. The molecule has 0 spiro atoms. The van der Waals surface area contributed by atoms with Crippen molar-refractivity contribution in [3.05, 3.63) is 72.3 Å². The van der Waals surface area contributed by atoms with E-state index in [0.29, 0.717) is 5.69 Å². The van der Waals surface area contributed by atoms with Crippen molar-refractivity contribution in [2.24, 2.45) is 0 Å². The van der Waals surface area contributed by atoms with Crippen LogP contribution < -0.4 is 5.32 Å². The molecular formula is C16H14F3N. The molecule has 0 saturated heterocycles. The summed E-state index contributed by atoms with van der Waals surface area (Å²) in [6.45, 7) is 0.